The number of amides is 1. The van der Waals surface area contributed by atoms with Crippen LogP contribution in [-0.4, -0.2) is 40.9 Å². The van der Waals surface area contributed by atoms with Crippen molar-refractivity contribution in [1.29, 1.82) is 0 Å². The minimum Gasteiger partial charge on any atom is -0.444 e. The standard InChI is InChI=1S/C15H29NO3/c1-12(17)7-5-8-13-9-6-10-16(11-13)14(18)19-15(2,3)4/h12-13,17H,5-11H2,1-4H3. The molecule has 0 bridgehead atoms. The van der Waals surface area contributed by atoms with Crippen LogP contribution in [0.2, 0.25) is 0 Å². The molecule has 0 aromatic carbocycles. The van der Waals surface area contributed by atoms with E-state index in [0.29, 0.717) is 5.92 Å². The van der Waals surface area contributed by atoms with E-state index < -0.39 is 5.60 Å². The molecule has 2 unspecified atom stereocenters. The smallest absolute Gasteiger partial charge is 0.410 e. The first-order valence-electron chi connectivity index (χ1n) is 7.44. The second kappa shape index (κ2) is 7.13. The third-order valence-electron chi connectivity index (χ3n) is 3.40. The van der Waals surface area contributed by atoms with Gasteiger partial charge in [-0.3, -0.25) is 0 Å². The van der Waals surface area contributed by atoms with Gasteiger partial charge < -0.3 is 14.7 Å². The van der Waals surface area contributed by atoms with E-state index in [9.17, 15) is 9.90 Å². The van der Waals surface area contributed by atoms with E-state index in [-0.39, 0.29) is 12.2 Å². The molecule has 1 rings (SSSR count). The minimum absolute atomic E-state index is 0.187. The van der Waals surface area contributed by atoms with Crippen LogP contribution in [0.3, 0.4) is 0 Å². The first-order valence-corrected chi connectivity index (χ1v) is 7.44. The Morgan fingerprint density at radius 1 is 1.47 bits per heavy atom. The third kappa shape index (κ3) is 6.81. The highest BCUT2D eigenvalue weighted by Gasteiger charge is 2.27. The lowest BCUT2D eigenvalue weighted by Gasteiger charge is -2.34. The Labute approximate surface area is 117 Å². The van der Waals surface area contributed by atoms with Gasteiger partial charge in [0.05, 0.1) is 6.10 Å². The molecule has 0 aromatic rings. The molecule has 0 spiro atoms. The summed E-state index contributed by atoms with van der Waals surface area (Å²) in [4.78, 5) is 13.8. The van der Waals surface area contributed by atoms with Crippen molar-refractivity contribution < 1.29 is 14.6 Å². The number of piperidine rings is 1. The van der Waals surface area contributed by atoms with Crippen LogP contribution in [-0.2, 0) is 4.74 Å². The van der Waals surface area contributed by atoms with Crippen molar-refractivity contribution in [2.75, 3.05) is 13.1 Å². The van der Waals surface area contributed by atoms with Crippen LogP contribution in [0.25, 0.3) is 0 Å². The molecule has 0 aliphatic carbocycles. The van der Waals surface area contributed by atoms with Gasteiger partial charge in [-0.15, -0.1) is 0 Å². The first kappa shape index (κ1) is 16.3. The second-order valence-electron chi connectivity index (χ2n) is 6.71. The van der Waals surface area contributed by atoms with E-state index in [1.54, 1.807) is 0 Å². The van der Waals surface area contributed by atoms with Gasteiger partial charge in [0.1, 0.15) is 5.60 Å². The van der Waals surface area contributed by atoms with Gasteiger partial charge in [0, 0.05) is 13.1 Å². The predicted molar refractivity (Wildman–Crippen MR) is 76.1 cm³/mol. The fourth-order valence-corrected chi connectivity index (χ4v) is 2.49. The summed E-state index contributed by atoms with van der Waals surface area (Å²) in [5, 5.41) is 9.27. The molecule has 1 saturated heterocycles. The summed E-state index contributed by atoms with van der Waals surface area (Å²) in [7, 11) is 0. The lowest BCUT2D eigenvalue weighted by Crippen LogP contribution is -2.42. The van der Waals surface area contributed by atoms with Gasteiger partial charge >= 0.3 is 6.09 Å². The number of hydrogen-bond donors (Lipinski definition) is 1. The SMILES string of the molecule is CC(O)CCCC1CCCN(C(=O)OC(C)(C)C)C1. The lowest BCUT2D eigenvalue weighted by atomic mass is 9.92. The number of ether oxygens (including phenoxy) is 1. The summed E-state index contributed by atoms with van der Waals surface area (Å²) in [5.41, 5.74) is -0.420. The molecule has 0 aromatic heterocycles. The molecule has 1 amide bonds. The third-order valence-corrected chi connectivity index (χ3v) is 3.40. The Balaban J connectivity index is 2.35. The number of aliphatic hydroxyl groups excluding tert-OH is 1. The maximum atomic E-state index is 12.0. The fourth-order valence-electron chi connectivity index (χ4n) is 2.49. The van der Waals surface area contributed by atoms with Gasteiger partial charge in [0.15, 0.2) is 0 Å². The number of aliphatic hydroxyl groups is 1. The van der Waals surface area contributed by atoms with Crippen LogP contribution in [0.4, 0.5) is 4.79 Å². The molecular weight excluding hydrogens is 242 g/mol. The molecule has 19 heavy (non-hydrogen) atoms. The maximum Gasteiger partial charge on any atom is 0.410 e. The van der Waals surface area contributed by atoms with Crippen molar-refractivity contribution in [3.05, 3.63) is 0 Å². The molecule has 112 valence electrons. The molecule has 2 atom stereocenters. The summed E-state index contributed by atoms with van der Waals surface area (Å²) in [6, 6.07) is 0. The topological polar surface area (TPSA) is 49.8 Å². The Kier molecular flexibility index (Phi) is 6.11. The van der Waals surface area contributed by atoms with E-state index in [4.69, 9.17) is 4.74 Å². The second-order valence-corrected chi connectivity index (χ2v) is 6.71. The number of hydrogen-bond acceptors (Lipinski definition) is 3. The highest BCUT2D eigenvalue weighted by atomic mass is 16.6. The van der Waals surface area contributed by atoms with Crippen LogP contribution in [0.5, 0.6) is 0 Å². The van der Waals surface area contributed by atoms with Crippen LogP contribution >= 0.6 is 0 Å². The average Bonchev–Trinajstić information content (AvgIpc) is 2.26. The van der Waals surface area contributed by atoms with Gasteiger partial charge in [-0.1, -0.05) is 6.42 Å². The minimum atomic E-state index is -0.420. The quantitative estimate of drug-likeness (QED) is 0.854. The van der Waals surface area contributed by atoms with Gasteiger partial charge in [0.25, 0.3) is 0 Å². The van der Waals surface area contributed by atoms with Crippen molar-refractivity contribution in [3.63, 3.8) is 0 Å². The number of rotatable bonds is 4. The normalized spacial score (nSPS) is 22.2. The molecule has 1 aliphatic heterocycles. The molecule has 1 N–H and O–H groups in total. The number of carbonyl (C=O) groups excluding carboxylic acids is 1. The largest absolute Gasteiger partial charge is 0.444 e. The van der Waals surface area contributed by atoms with E-state index in [0.717, 1.165) is 38.8 Å². The van der Waals surface area contributed by atoms with Crippen molar-refractivity contribution in [3.8, 4) is 0 Å². The zero-order valence-electron chi connectivity index (χ0n) is 12.8. The maximum absolute atomic E-state index is 12.0. The summed E-state index contributed by atoms with van der Waals surface area (Å²) in [6.07, 6.45) is 4.80. The van der Waals surface area contributed by atoms with Crippen LogP contribution in [0, 0.1) is 5.92 Å². The van der Waals surface area contributed by atoms with Gasteiger partial charge in [-0.25, -0.2) is 4.79 Å². The molecule has 0 saturated carbocycles. The van der Waals surface area contributed by atoms with Crippen LogP contribution < -0.4 is 0 Å². The summed E-state index contributed by atoms with van der Waals surface area (Å²) in [5.74, 6) is 0.556. The molecule has 1 heterocycles. The molecular formula is C15H29NO3. The highest BCUT2D eigenvalue weighted by molar-refractivity contribution is 5.68. The van der Waals surface area contributed by atoms with Crippen molar-refractivity contribution >= 4 is 6.09 Å². The Morgan fingerprint density at radius 2 is 2.16 bits per heavy atom. The highest BCUT2D eigenvalue weighted by Crippen LogP contribution is 2.23. The van der Waals surface area contributed by atoms with Gasteiger partial charge in [-0.2, -0.15) is 0 Å². The summed E-state index contributed by atoms with van der Waals surface area (Å²) >= 11 is 0. The lowest BCUT2D eigenvalue weighted by molar-refractivity contribution is 0.0158. The first-order chi connectivity index (χ1) is 8.78. The molecule has 1 aliphatic rings. The molecule has 4 heteroatoms. The zero-order valence-corrected chi connectivity index (χ0v) is 12.8. The summed E-state index contributed by atoms with van der Waals surface area (Å²) < 4.78 is 5.42. The average molecular weight is 271 g/mol. The van der Waals surface area contributed by atoms with Crippen LogP contribution in [0.15, 0.2) is 0 Å². The fraction of sp³-hybridized carbons (Fsp3) is 0.933. The predicted octanol–water partition coefficient (Wildman–Crippen LogP) is 3.18. The Hall–Kier alpha value is -0.770. The number of likely N-dealkylation sites (tertiary alicyclic amines) is 1. The van der Waals surface area contributed by atoms with Crippen LogP contribution in [0.1, 0.15) is 59.8 Å². The van der Waals surface area contributed by atoms with Gasteiger partial charge in [-0.05, 0) is 59.3 Å². The zero-order chi connectivity index (χ0) is 14.5. The monoisotopic (exact) mass is 271 g/mol. The van der Waals surface area contributed by atoms with Gasteiger partial charge in [0.2, 0.25) is 0 Å². The molecule has 1 fully saturated rings. The summed E-state index contributed by atoms with van der Waals surface area (Å²) in [6.45, 7) is 9.13. The van der Waals surface area contributed by atoms with Crippen molar-refractivity contribution in [1.82, 2.24) is 4.90 Å². The Morgan fingerprint density at radius 3 is 2.74 bits per heavy atom. The van der Waals surface area contributed by atoms with E-state index in [1.807, 2.05) is 32.6 Å². The molecule has 4 nitrogen and oxygen atoms in total. The number of nitrogens with zero attached hydrogens (tertiary/aromatic N) is 1. The van der Waals surface area contributed by atoms with E-state index in [2.05, 4.69) is 0 Å². The van der Waals surface area contributed by atoms with E-state index in [1.165, 1.54) is 6.42 Å². The Bertz CT molecular complexity index is 284. The van der Waals surface area contributed by atoms with Crippen molar-refractivity contribution in [2.45, 2.75) is 71.5 Å². The number of carbonyl (C=O) groups is 1. The van der Waals surface area contributed by atoms with Crippen molar-refractivity contribution in [2.24, 2.45) is 5.92 Å². The van der Waals surface area contributed by atoms with E-state index >= 15 is 0 Å². The molecule has 0 radical (unpaired) electrons.